The minimum Gasteiger partial charge on any atom is -0.345 e. The minimum atomic E-state index is -0.876. The number of rotatable bonds is 6. The van der Waals surface area contributed by atoms with Crippen LogP contribution in [0, 0.1) is 15.9 Å². The summed E-state index contributed by atoms with van der Waals surface area (Å²) in [6.07, 6.45) is 0. The molecule has 1 aromatic carbocycles. The highest BCUT2D eigenvalue weighted by Gasteiger charge is 2.17. The lowest BCUT2D eigenvalue weighted by molar-refractivity contribution is -0.387. The maximum Gasteiger partial charge on any atom is 0.304 e. The van der Waals surface area contributed by atoms with E-state index in [4.69, 9.17) is 0 Å². The number of carbonyl (C=O) groups is 1. The second kappa shape index (κ2) is 6.95. The first-order chi connectivity index (χ1) is 9.36. The zero-order valence-electron chi connectivity index (χ0n) is 11.7. The first-order valence-corrected chi connectivity index (χ1v) is 6.28. The van der Waals surface area contributed by atoms with Gasteiger partial charge >= 0.3 is 5.69 Å². The van der Waals surface area contributed by atoms with Gasteiger partial charge in [-0.15, -0.1) is 0 Å². The number of nitro benzene ring substituents is 1. The lowest BCUT2D eigenvalue weighted by atomic mass is 10.2. The predicted octanol–water partition coefficient (Wildman–Crippen LogP) is 1.69. The summed E-state index contributed by atoms with van der Waals surface area (Å²) in [6.45, 7) is 4.46. The van der Waals surface area contributed by atoms with Crippen molar-refractivity contribution in [2.45, 2.75) is 26.4 Å². The number of likely N-dealkylation sites (N-methyl/N-ethyl adjacent to an activating group) is 1. The van der Waals surface area contributed by atoms with Crippen LogP contribution in [0.15, 0.2) is 18.2 Å². The topological polar surface area (TPSA) is 75.5 Å². The fourth-order valence-electron chi connectivity index (χ4n) is 1.65. The van der Waals surface area contributed by atoms with Crippen molar-refractivity contribution in [2.75, 3.05) is 13.6 Å². The molecule has 0 radical (unpaired) electrons. The van der Waals surface area contributed by atoms with Gasteiger partial charge in [0.15, 0.2) is 0 Å². The first-order valence-electron chi connectivity index (χ1n) is 6.28. The fraction of sp³-hybridized carbons (Fsp3) is 0.462. The summed E-state index contributed by atoms with van der Waals surface area (Å²) in [5, 5.41) is 13.5. The van der Waals surface area contributed by atoms with Gasteiger partial charge in [-0.25, -0.2) is 0 Å². The number of halogens is 1. The molecular weight excluding hydrogens is 265 g/mol. The minimum absolute atomic E-state index is 0.0603. The number of nitro groups is 1. The van der Waals surface area contributed by atoms with Crippen LogP contribution in [-0.4, -0.2) is 35.4 Å². The van der Waals surface area contributed by atoms with Crippen molar-refractivity contribution in [3.8, 4) is 0 Å². The predicted molar refractivity (Wildman–Crippen MR) is 72.7 cm³/mol. The Balaban J connectivity index is 2.64. The van der Waals surface area contributed by atoms with Crippen molar-refractivity contribution in [3.63, 3.8) is 0 Å². The van der Waals surface area contributed by atoms with Gasteiger partial charge in [0.05, 0.1) is 11.0 Å². The third-order valence-corrected chi connectivity index (χ3v) is 3.04. The average Bonchev–Trinajstić information content (AvgIpc) is 2.42. The molecular formula is C13H18FN3O3. The molecule has 7 heteroatoms. The van der Waals surface area contributed by atoms with Gasteiger partial charge in [0.2, 0.25) is 11.7 Å². The molecule has 110 valence electrons. The Bertz CT molecular complexity index is 508. The van der Waals surface area contributed by atoms with Crippen molar-refractivity contribution in [1.29, 1.82) is 0 Å². The van der Waals surface area contributed by atoms with Gasteiger partial charge in [-0.3, -0.25) is 14.9 Å². The molecule has 0 aliphatic rings. The SMILES string of the molecule is CCN(C)C(=O)C(C)NCc1ccc([N+](=O)[O-])c(F)c1. The highest BCUT2D eigenvalue weighted by Crippen LogP contribution is 2.17. The second-order valence-corrected chi connectivity index (χ2v) is 4.50. The Morgan fingerprint density at radius 2 is 2.20 bits per heavy atom. The van der Waals surface area contributed by atoms with Gasteiger partial charge in [0.25, 0.3) is 0 Å². The van der Waals surface area contributed by atoms with E-state index in [-0.39, 0.29) is 12.5 Å². The summed E-state index contributed by atoms with van der Waals surface area (Å²) in [5.74, 6) is -0.936. The van der Waals surface area contributed by atoms with E-state index in [0.29, 0.717) is 12.1 Å². The van der Waals surface area contributed by atoms with E-state index < -0.39 is 22.5 Å². The highest BCUT2D eigenvalue weighted by molar-refractivity contribution is 5.81. The van der Waals surface area contributed by atoms with Crippen LogP contribution in [0.1, 0.15) is 19.4 Å². The molecule has 1 aromatic rings. The van der Waals surface area contributed by atoms with E-state index in [1.807, 2.05) is 6.92 Å². The zero-order valence-corrected chi connectivity index (χ0v) is 11.7. The first kappa shape index (κ1) is 16.0. The van der Waals surface area contributed by atoms with Gasteiger partial charge in [0.1, 0.15) is 0 Å². The highest BCUT2D eigenvalue weighted by atomic mass is 19.1. The molecule has 1 atom stereocenters. The maximum absolute atomic E-state index is 13.4. The molecule has 0 aliphatic carbocycles. The Morgan fingerprint density at radius 3 is 2.70 bits per heavy atom. The molecule has 0 saturated heterocycles. The molecule has 0 saturated carbocycles. The van der Waals surface area contributed by atoms with E-state index in [1.165, 1.54) is 6.07 Å². The number of benzene rings is 1. The van der Waals surface area contributed by atoms with Gasteiger partial charge in [-0.1, -0.05) is 6.07 Å². The third kappa shape index (κ3) is 3.99. The largest absolute Gasteiger partial charge is 0.345 e. The van der Waals surface area contributed by atoms with Crippen molar-refractivity contribution in [2.24, 2.45) is 0 Å². The number of hydrogen-bond donors (Lipinski definition) is 1. The molecule has 0 spiro atoms. The van der Waals surface area contributed by atoms with Crippen LogP contribution in [-0.2, 0) is 11.3 Å². The Morgan fingerprint density at radius 1 is 1.55 bits per heavy atom. The van der Waals surface area contributed by atoms with Crippen LogP contribution in [0.2, 0.25) is 0 Å². The molecule has 6 nitrogen and oxygen atoms in total. The van der Waals surface area contributed by atoms with E-state index in [9.17, 15) is 19.3 Å². The molecule has 1 unspecified atom stereocenters. The van der Waals surface area contributed by atoms with Gasteiger partial charge in [-0.2, -0.15) is 4.39 Å². The van der Waals surface area contributed by atoms with Crippen molar-refractivity contribution >= 4 is 11.6 Å². The lowest BCUT2D eigenvalue weighted by Gasteiger charge is -2.20. The van der Waals surface area contributed by atoms with E-state index in [0.717, 1.165) is 12.1 Å². The van der Waals surface area contributed by atoms with Crippen LogP contribution >= 0.6 is 0 Å². The molecule has 1 rings (SSSR count). The van der Waals surface area contributed by atoms with E-state index in [1.54, 1.807) is 18.9 Å². The molecule has 1 N–H and O–H groups in total. The summed E-state index contributed by atoms with van der Waals surface area (Å²) < 4.78 is 13.4. The van der Waals surface area contributed by atoms with E-state index >= 15 is 0 Å². The number of nitrogens with zero attached hydrogens (tertiary/aromatic N) is 2. The quantitative estimate of drug-likeness (QED) is 0.636. The Kier molecular flexibility index (Phi) is 5.57. The van der Waals surface area contributed by atoms with Crippen LogP contribution in [0.5, 0.6) is 0 Å². The zero-order chi connectivity index (χ0) is 15.3. The summed E-state index contributed by atoms with van der Waals surface area (Å²) in [4.78, 5) is 23.1. The molecule has 0 bridgehead atoms. The Hall–Kier alpha value is -2.02. The van der Waals surface area contributed by atoms with Crippen molar-refractivity contribution < 1.29 is 14.1 Å². The number of carbonyl (C=O) groups excluding carboxylic acids is 1. The van der Waals surface area contributed by atoms with Crippen molar-refractivity contribution in [1.82, 2.24) is 10.2 Å². The fourth-order valence-corrected chi connectivity index (χ4v) is 1.65. The number of hydrogen-bond acceptors (Lipinski definition) is 4. The van der Waals surface area contributed by atoms with Crippen LogP contribution in [0.4, 0.5) is 10.1 Å². The van der Waals surface area contributed by atoms with Crippen molar-refractivity contribution in [3.05, 3.63) is 39.7 Å². The second-order valence-electron chi connectivity index (χ2n) is 4.50. The summed E-state index contributed by atoms with van der Waals surface area (Å²) in [7, 11) is 1.70. The van der Waals surface area contributed by atoms with E-state index in [2.05, 4.69) is 5.32 Å². The number of amides is 1. The Labute approximate surface area is 116 Å². The lowest BCUT2D eigenvalue weighted by Crippen LogP contribution is -2.42. The molecule has 1 amide bonds. The molecule has 0 heterocycles. The smallest absolute Gasteiger partial charge is 0.304 e. The molecule has 0 aromatic heterocycles. The summed E-state index contributed by atoms with van der Waals surface area (Å²) in [5.41, 5.74) is -0.00417. The van der Waals surface area contributed by atoms with Crippen LogP contribution in [0.3, 0.4) is 0 Å². The normalized spacial score (nSPS) is 12.0. The molecule has 0 fully saturated rings. The van der Waals surface area contributed by atoms with Gasteiger partial charge in [-0.05, 0) is 25.5 Å². The number of nitrogens with one attached hydrogen (secondary N) is 1. The summed E-state index contributed by atoms with van der Waals surface area (Å²) in [6, 6.07) is 3.29. The maximum atomic E-state index is 13.4. The third-order valence-electron chi connectivity index (χ3n) is 3.04. The van der Waals surface area contributed by atoms with Crippen LogP contribution in [0.25, 0.3) is 0 Å². The standard InChI is InChI=1S/C13H18FN3O3/c1-4-16(3)13(18)9(2)15-8-10-5-6-12(17(19)20)11(14)7-10/h5-7,9,15H,4,8H2,1-3H3. The van der Waals surface area contributed by atoms with Gasteiger partial charge in [0, 0.05) is 26.2 Å². The monoisotopic (exact) mass is 283 g/mol. The summed E-state index contributed by atoms with van der Waals surface area (Å²) >= 11 is 0. The van der Waals surface area contributed by atoms with Crippen LogP contribution < -0.4 is 5.32 Å². The average molecular weight is 283 g/mol. The van der Waals surface area contributed by atoms with Gasteiger partial charge < -0.3 is 10.2 Å². The molecule has 20 heavy (non-hydrogen) atoms. The molecule has 0 aliphatic heterocycles.